The fraction of sp³-hybridized carbons (Fsp3) is 0.188. The topological polar surface area (TPSA) is 65.0 Å². The minimum absolute atomic E-state index is 0.0109. The van der Waals surface area contributed by atoms with Gasteiger partial charge in [-0.3, -0.25) is 0 Å². The van der Waals surface area contributed by atoms with E-state index in [0.29, 0.717) is 22.8 Å². The number of hydrogen-bond donors (Lipinski definition) is 1. The highest BCUT2D eigenvalue weighted by Crippen LogP contribution is 2.41. The minimum Gasteiger partial charge on any atom is -0.504 e. The van der Waals surface area contributed by atoms with Crippen molar-refractivity contribution in [2.75, 3.05) is 7.11 Å². The van der Waals surface area contributed by atoms with Gasteiger partial charge >= 0.3 is 5.97 Å². The van der Waals surface area contributed by atoms with Crippen LogP contribution in [0.5, 0.6) is 23.0 Å². The number of benzene rings is 2. The Bertz CT molecular complexity index is 721. The predicted molar refractivity (Wildman–Crippen MR) is 75.0 cm³/mol. The molecule has 3 rings (SSSR count). The molecule has 0 spiro atoms. The van der Waals surface area contributed by atoms with Crippen LogP contribution in [0, 0.1) is 6.92 Å². The first kappa shape index (κ1) is 13.3. The van der Waals surface area contributed by atoms with E-state index in [-0.39, 0.29) is 17.9 Å². The summed E-state index contributed by atoms with van der Waals surface area (Å²) in [5.41, 5.74) is 1.69. The largest absolute Gasteiger partial charge is 0.504 e. The molecule has 2 aromatic carbocycles. The van der Waals surface area contributed by atoms with Crippen molar-refractivity contribution in [1.29, 1.82) is 0 Å². The SMILES string of the molecule is COc1cccc2c1C(=O)OCc1cc(C)cc(O)c1O2. The Labute approximate surface area is 121 Å². The van der Waals surface area contributed by atoms with Gasteiger partial charge in [0.25, 0.3) is 0 Å². The molecular weight excluding hydrogens is 272 g/mol. The Morgan fingerprint density at radius 1 is 1.29 bits per heavy atom. The van der Waals surface area contributed by atoms with Gasteiger partial charge in [0.05, 0.1) is 7.11 Å². The molecule has 0 fully saturated rings. The Hall–Kier alpha value is -2.69. The zero-order valence-corrected chi connectivity index (χ0v) is 11.7. The van der Waals surface area contributed by atoms with Gasteiger partial charge in [0.2, 0.25) is 0 Å². The van der Waals surface area contributed by atoms with Crippen LogP contribution in [-0.4, -0.2) is 18.2 Å². The fourth-order valence-corrected chi connectivity index (χ4v) is 2.35. The fourth-order valence-electron chi connectivity index (χ4n) is 2.35. The number of aromatic hydroxyl groups is 1. The van der Waals surface area contributed by atoms with E-state index in [2.05, 4.69) is 0 Å². The van der Waals surface area contributed by atoms with Crippen molar-refractivity contribution in [3.8, 4) is 23.0 Å². The molecule has 0 saturated carbocycles. The summed E-state index contributed by atoms with van der Waals surface area (Å²) in [6.45, 7) is 1.87. The monoisotopic (exact) mass is 286 g/mol. The van der Waals surface area contributed by atoms with Gasteiger partial charge in [-0.2, -0.15) is 0 Å². The zero-order valence-electron chi connectivity index (χ0n) is 11.7. The van der Waals surface area contributed by atoms with Gasteiger partial charge < -0.3 is 19.3 Å². The molecule has 0 amide bonds. The number of cyclic esters (lactones) is 1. The number of hydrogen-bond acceptors (Lipinski definition) is 5. The smallest absolute Gasteiger partial charge is 0.346 e. The number of esters is 1. The molecule has 0 atom stereocenters. The highest BCUT2D eigenvalue weighted by molar-refractivity contribution is 5.96. The van der Waals surface area contributed by atoms with Crippen LogP contribution in [0.25, 0.3) is 0 Å². The Morgan fingerprint density at radius 2 is 2.10 bits per heavy atom. The molecular formula is C16H14O5. The summed E-state index contributed by atoms with van der Waals surface area (Å²) >= 11 is 0. The van der Waals surface area contributed by atoms with Crippen LogP contribution >= 0.6 is 0 Å². The first-order valence-corrected chi connectivity index (χ1v) is 6.44. The molecule has 1 N–H and O–H groups in total. The van der Waals surface area contributed by atoms with Gasteiger partial charge in [0.1, 0.15) is 23.7 Å². The number of phenols is 1. The maximum atomic E-state index is 12.2. The van der Waals surface area contributed by atoms with E-state index in [9.17, 15) is 9.90 Å². The second-order valence-electron chi connectivity index (χ2n) is 4.78. The second-order valence-corrected chi connectivity index (χ2v) is 4.78. The molecule has 0 saturated heterocycles. The summed E-state index contributed by atoms with van der Waals surface area (Å²) in [6, 6.07) is 8.40. The van der Waals surface area contributed by atoms with Crippen LogP contribution in [-0.2, 0) is 11.3 Å². The first-order chi connectivity index (χ1) is 10.1. The van der Waals surface area contributed by atoms with E-state index in [0.717, 1.165) is 5.56 Å². The third-order valence-electron chi connectivity index (χ3n) is 3.27. The average Bonchev–Trinajstić information content (AvgIpc) is 2.45. The molecule has 1 aliphatic heterocycles. The predicted octanol–water partition coefficient (Wildman–Crippen LogP) is 3.17. The van der Waals surface area contributed by atoms with Gasteiger partial charge in [-0.25, -0.2) is 4.79 Å². The Kier molecular flexibility index (Phi) is 3.17. The van der Waals surface area contributed by atoms with E-state index < -0.39 is 5.97 Å². The second kappa shape index (κ2) is 5.01. The standard InChI is InChI=1S/C16H14O5/c1-9-6-10-8-20-16(18)14-12(19-2)4-3-5-13(14)21-15(10)11(17)7-9/h3-7,17H,8H2,1-2H3. The van der Waals surface area contributed by atoms with Crippen molar-refractivity contribution >= 4 is 5.97 Å². The molecule has 2 aromatic rings. The lowest BCUT2D eigenvalue weighted by Gasteiger charge is -2.20. The highest BCUT2D eigenvalue weighted by atomic mass is 16.5. The normalized spacial score (nSPS) is 13.1. The molecule has 21 heavy (non-hydrogen) atoms. The zero-order chi connectivity index (χ0) is 15.0. The minimum atomic E-state index is -0.519. The van der Waals surface area contributed by atoms with Crippen molar-refractivity contribution in [3.63, 3.8) is 0 Å². The lowest BCUT2D eigenvalue weighted by Crippen LogP contribution is -2.12. The number of methoxy groups -OCH3 is 1. The molecule has 1 aliphatic rings. The Morgan fingerprint density at radius 3 is 2.86 bits per heavy atom. The summed E-state index contributed by atoms with van der Waals surface area (Å²) in [6.07, 6.45) is 0. The van der Waals surface area contributed by atoms with E-state index in [1.807, 2.05) is 13.0 Å². The van der Waals surface area contributed by atoms with Crippen LogP contribution in [0.3, 0.4) is 0 Å². The van der Waals surface area contributed by atoms with Crippen LogP contribution in [0.4, 0.5) is 0 Å². The highest BCUT2D eigenvalue weighted by Gasteiger charge is 2.25. The lowest BCUT2D eigenvalue weighted by atomic mass is 10.1. The van der Waals surface area contributed by atoms with Gasteiger partial charge in [-0.1, -0.05) is 6.07 Å². The quantitative estimate of drug-likeness (QED) is 0.816. The number of carbonyl (C=O) groups is 1. The average molecular weight is 286 g/mol. The summed E-state index contributed by atoms with van der Waals surface area (Å²) in [5, 5.41) is 10.1. The maximum absolute atomic E-state index is 12.2. The Balaban J connectivity index is 2.18. The van der Waals surface area contributed by atoms with Gasteiger partial charge in [-0.05, 0) is 36.8 Å². The molecule has 108 valence electrons. The number of carbonyl (C=O) groups excluding carboxylic acids is 1. The third-order valence-corrected chi connectivity index (χ3v) is 3.27. The van der Waals surface area contributed by atoms with E-state index >= 15 is 0 Å². The van der Waals surface area contributed by atoms with Gasteiger partial charge in [0, 0.05) is 5.56 Å². The lowest BCUT2D eigenvalue weighted by molar-refractivity contribution is 0.0455. The number of phenolic OH excluding ortho intramolecular Hbond substituents is 1. The van der Waals surface area contributed by atoms with Crippen molar-refractivity contribution in [2.24, 2.45) is 0 Å². The maximum Gasteiger partial charge on any atom is 0.346 e. The summed E-state index contributed by atoms with van der Waals surface area (Å²) < 4.78 is 16.2. The number of aryl methyl sites for hydroxylation is 1. The molecule has 5 heteroatoms. The summed E-state index contributed by atoms with van der Waals surface area (Å²) in [4.78, 5) is 12.2. The van der Waals surface area contributed by atoms with E-state index in [1.54, 1.807) is 24.3 Å². The van der Waals surface area contributed by atoms with Crippen LogP contribution in [0.15, 0.2) is 30.3 Å². The van der Waals surface area contributed by atoms with Gasteiger partial charge in [-0.15, -0.1) is 0 Å². The number of ether oxygens (including phenoxy) is 3. The molecule has 0 aromatic heterocycles. The summed E-state index contributed by atoms with van der Waals surface area (Å²) in [5.74, 6) is 0.445. The van der Waals surface area contributed by atoms with Gasteiger partial charge in [0.15, 0.2) is 11.5 Å². The van der Waals surface area contributed by atoms with E-state index in [4.69, 9.17) is 14.2 Å². The number of fused-ring (bicyclic) bond motifs is 2. The van der Waals surface area contributed by atoms with Crippen LogP contribution < -0.4 is 9.47 Å². The number of rotatable bonds is 1. The molecule has 0 aliphatic carbocycles. The van der Waals surface area contributed by atoms with Crippen molar-refractivity contribution in [1.82, 2.24) is 0 Å². The molecule has 0 radical (unpaired) electrons. The van der Waals surface area contributed by atoms with Crippen molar-refractivity contribution < 1.29 is 24.1 Å². The van der Waals surface area contributed by atoms with E-state index in [1.165, 1.54) is 7.11 Å². The molecule has 0 unspecified atom stereocenters. The first-order valence-electron chi connectivity index (χ1n) is 6.44. The summed E-state index contributed by atoms with van der Waals surface area (Å²) in [7, 11) is 1.47. The van der Waals surface area contributed by atoms with Crippen LogP contribution in [0.2, 0.25) is 0 Å². The third kappa shape index (κ3) is 2.27. The van der Waals surface area contributed by atoms with Crippen molar-refractivity contribution in [3.05, 3.63) is 47.0 Å². The van der Waals surface area contributed by atoms with Crippen LogP contribution in [0.1, 0.15) is 21.5 Å². The van der Waals surface area contributed by atoms with Crippen molar-refractivity contribution in [2.45, 2.75) is 13.5 Å². The molecule has 5 nitrogen and oxygen atoms in total. The molecule has 0 bridgehead atoms. The molecule has 1 heterocycles.